The fraction of sp³-hybridized carbons (Fsp3) is 0.391. The van der Waals surface area contributed by atoms with Crippen molar-refractivity contribution < 1.29 is 9.59 Å². The molecule has 2 aromatic carbocycles. The quantitative estimate of drug-likeness (QED) is 0.790. The number of aryl methyl sites for hydroxylation is 1. The van der Waals surface area contributed by atoms with Crippen molar-refractivity contribution in [2.24, 2.45) is 0 Å². The summed E-state index contributed by atoms with van der Waals surface area (Å²) in [5, 5.41) is 6.07. The second kappa shape index (κ2) is 10.1. The molecule has 1 aliphatic rings. The number of nitrogens with zero attached hydrogens (tertiary/aromatic N) is 2. The number of urea groups is 1. The summed E-state index contributed by atoms with van der Waals surface area (Å²) in [6.45, 7) is 7.02. The zero-order valence-corrected chi connectivity index (χ0v) is 17.2. The average Bonchev–Trinajstić information content (AvgIpc) is 2.75. The summed E-state index contributed by atoms with van der Waals surface area (Å²) in [5.41, 5.74) is 3.10. The average molecular weight is 395 g/mol. The number of anilines is 1. The van der Waals surface area contributed by atoms with Gasteiger partial charge in [0.15, 0.2) is 0 Å². The Morgan fingerprint density at radius 1 is 0.966 bits per heavy atom. The van der Waals surface area contributed by atoms with Crippen molar-refractivity contribution in [1.29, 1.82) is 0 Å². The van der Waals surface area contributed by atoms with Crippen LogP contribution in [0.3, 0.4) is 0 Å². The Bertz CT molecular complexity index is 817. The molecule has 0 radical (unpaired) electrons. The molecule has 2 aromatic rings. The lowest BCUT2D eigenvalue weighted by Crippen LogP contribution is -2.53. The van der Waals surface area contributed by atoms with Crippen LogP contribution < -0.4 is 10.6 Å². The molecule has 6 heteroatoms. The van der Waals surface area contributed by atoms with Gasteiger partial charge in [-0.05, 0) is 30.5 Å². The van der Waals surface area contributed by atoms with E-state index in [9.17, 15) is 9.59 Å². The Hall–Kier alpha value is -2.86. The van der Waals surface area contributed by atoms with Crippen LogP contribution >= 0.6 is 0 Å². The van der Waals surface area contributed by atoms with Crippen molar-refractivity contribution in [3.63, 3.8) is 0 Å². The van der Waals surface area contributed by atoms with E-state index in [1.165, 1.54) is 0 Å². The number of amides is 3. The molecule has 29 heavy (non-hydrogen) atoms. The molecular weight excluding hydrogens is 364 g/mol. The van der Waals surface area contributed by atoms with Gasteiger partial charge in [0, 0.05) is 31.9 Å². The van der Waals surface area contributed by atoms with Gasteiger partial charge < -0.3 is 15.5 Å². The van der Waals surface area contributed by atoms with Crippen LogP contribution in [0.4, 0.5) is 10.5 Å². The summed E-state index contributed by atoms with van der Waals surface area (Å²) < 4.78 is 0. The van der Waals surface area contributed by atoms with Gasteiger partial charge in [-0.3, -0.25) is 9.69 Å². The van der Waals surface area contributed by atoms with Crippen molar-refractivity contribution in [3.05, 3.63) is 65.7 Å². The molecule has 0 aliphatic carbocycles. The lowest BCUT2D eigenvalue weighted by atomic mass is 10.1. The minimum absolute atomic E-state index is 0.0125. The number of benzene rings is 2. The maximum atomic E-state index is 12.5. The highest BCUT2D eigenvalue weighted by molar-refractivity contribution is 5.93. The Kier molecular flexibility index (Phi) is 7.25. The molecule has 3 rings (SSSR count). The standard InChI is InChI=1S/C23H30N4O2/c1-3-19-9-7-8-12-21(19)25-22(28)17-26-13-15-27(16-14-26)23(29)24-18(2)20-10-5-4-6-11-20/h4-12,18H,3,13-17H2,1-2H3,(H,24,29)(H,25,28). The molecule has 0 aromatic heterocycles. The zero-order chi connectivity index (χ0) is 20.6. The van der Waals surface area contributed by atoms with Gasteiger partial charge in [0.2, 0.25) is 5.91 Å². The van der Waals surface area contributed by atoms with Crippen LogP contribution in [-0.2, 0) is 11.2 Å². The molecule has 1 fully saturated rings. The van der Waals surface area contributed by atoms with Gasteiger partial charge in [-0.2, -0.15) is 0 Å². The minimum atomic E-state index is -0.0534. The number of carbonyl (C=O) groups excluding carboxylic acids is 2. The number of piperazine rings is 1. The molecule has 154 valence electrons. The Balaban J connectivity index is 1.44. The molecule has 0 bridgehead atoms. The summed E-state index contributed by atoms with van der Waals surface area (Å²) >= 11 is 0. The van der Waals surface area contributed by atoms with Gasteiger partial charge in [-0.25, -0.2) is 4.79 Å². The molecule has 0 spiro atoms. The number of rotatable bonds is 6. The summed E-state index contributed by atoms with van der Waals surface area (Å²) in [4.78, 5) is 28.9. The van der Waals surface area contributed by atoms with Crippen molar-refractivity contribution >= 4 is 17.6 Å². The number of carbonyl (C=O) groups is 2. The highest BCUT2D eigenvalue weighted by atomic mass is 16.2. The molecule has 1 saturated heterocycles. The van der Waals surface area contributed by atoms with Crippen LogP contribution in [-0.4, -0.2) is 54.5 Å². The first-order chi connectivity index (χ1) is 14.1. The predicted octanol–water partition coefficient (Wildman–Crippen LogP) is 3.28. The van der Waals surface area contributed by atoms with E-state index in [2.05, 4.69) is 22.5 Å². The predicted molar refractivity (Wildman–Crippen MR) is 116 cm³/mol. The van der Waals surface area contributed by atoms with E-state index in [0.717, 1.165) is 23.2 Å². The van der Waals surface area contributed by atoms with Crippen LogP contribution in [0.1, 0.15) is 31.0 Å². The van der Waals surface area contributed by atoms with Crippen LogP contribution in [0.25, 0.3) is 0 Å². The molecule has 0 saturated carbocycles. The number of nitrogens with one attached hydrogen (secondary N) is 2. The van der Waals surface area contributed by atoms with E-state index in [1.807, 2.05) is 66.4 Å². The second-order valence-corrected chi connectivity index (χ2v) is 7.40. The third-order valence-corrected chi connectivity index (χ3v) is 5.34. The summed E-state index contributed by atoms with van der Waals surface area (Å²) in [5.74, 6) is -0.0125. The number of hydrogen-bond acceptors (Lipinski definition) is 3. The molecule has 2 N–H and O–H groups in total. The molecule has 1 atom stereocenters. The fourth-order valence-corrected chi connectivity index (χ4v) is 3.55. The van der Waals surface area contributed by atoms with Crippen molar-refractivity contribution in [2.45, 2.75) is 26.3 Å². The van der Waals surface area contributed by atoms with Gasteiger partial charge >= 0.3 is 6.03 Å². The maximum absolute atomic E-state index is 12.5. The van der Waals surface area contributed by atoms with E-state index < -0.39 is 0 Å². The highest BCUT2D eigenvalue weighted by Crippen LogP contribution is 2.16. The Labute approximate surface area is 172 Å². The topological polar surface area (TPSA) is 64.7 Å². The van der Waals surface area contributed by atoms with E-state index in [1.54, 1.807) is 0 Å². The first-order valence-corrected chi connectivity index (χ1v) is 10.3. The molecule has 3 amide bonds. The van der Waals surface area contributed by atoms with E-state index in [-0.39, 0.29) is 18.0 Å². The summed E-state index contributed by atoms with van der Waals surface area (Å²) in [6, 6.07) is 17.7. The van der Waals surface area contributed by atoms with Gasteiger partial charge in [0.25, 0.3) is 0 Å². The molecule has 6 nitrogen and oxygen atoms in total. The smallest absolute Gasteiger partial charge is 0.317 e. The number of para-hydroxylation sites is 1. The Morgan fingerprint density at radius 2 is 1.62 bits per heavy atom. The maximum Gasteiger partial charge on any atom is 0.317 e. The first kappa shape index (κ1) is 20.9. The first-order valence-electron chi connectivity index (χ1n) is 10.3. The third-order valence-electron chi connectivity index (χ3n) is 5.34. The second-order valence-electron chi connectivity index (χ2n) is 7.40. The number of hydrogen-bond donors (Lipinski definition) is 2. The van der Waals surface area contributed by atoms with Crippen molar-refractivity contribution in [3.8, 4) is 0 Å². The SMILES string of the molecule is CCc1ccccc1NC(=O)CN1CCN(C(=O)NC(C)c2ccccc2)CC1. The molecule has 1 unspecified atom stereocenters. The molecule has 1 heterocycles. The van der Waals surface area contributed by atoms with E-state index in [4.69, 9.17) is 0 Å². The van der Waals surface area contributed by atoms with Gasteiger partial charge in [0.05, 0.1) is 12.6 Å². The zero-order valence-electron chi connectivity index (χ0n) is 17.2. The molecular formula is C23H30N4O2. The van der Waals surface area contributed by atoms with Gasteiger partial charge in [-0.1, -0.05) is 55.5 Å². The summed E-state index contributed by atoms with van der Waals surface area (Å²) in [7, 11) is 0. The van der Waals surface area contributed by atoms with Crippen molar-refractivity contribution in [2.75, 3.05) is 38.0 Å². The van der Waals surface area contributed by atoms with Crippen LogP contribution in [0, 0.1) is 0 Å². The lowest BCUT2D eigenvalue weighted by Gasteiger charge is -2.35. The van der Waals surface area contributed by atoms with Crippen LogP contribution in [0.5, 0.6) is 0 Å². The fourth-order valence-electron chi connectivity index (χ4n) is 3.55. The van der Waals surface area contributed by atoms with Crippen LogP contribution in [0.15, 0.2) is 54.6 Å². The minimum Gasteiger partial charge on any atom is -0.331 e. The van der Waals surface area contributed by atoms with Crippen LogP contribution in [0.2, 0.25) is 0 Å². The third kappa shape index (κ3) is 5.81. The Morgan fingerprint density at radius 3 is 2.31 bits per heavy atom. The largest absolute Gasteiger partial charge is 0.331 e. The monoisotopic (exact) mass is 394 g/mol. The lowest BCUT2D eigenvalue weighted by molar-refractivity contribution is -0.117. The van der Waals surface area contributed by atoms with Gasteiger partial charge in [0.1, 0.15) is 0 Å². The van der Waals surface area contributed by atoms with E-state index >= 15 is 0 Å². The normalized spacial score (nSPS) is 15.6. The highest BCUT2D eigenvalue weighted by Gasteiger charge is 2.23. The van der Waals surface area contributed by atoms with Gasteiger partial charge in [-0.15, -0.1) is 0 Å². The molecule has 1 aliphatic heterocycles. The van der Waals surface area contributed by atoms with Crippen molar-refractivity contribution in [1.82, 2.24) is 15.1 Å². The summed E-state index contributed by atoms with van der Waals surface area (Å²) in [6.07, 6.45) is 0.881. The van der Waals surface area contributed by atoms with E-state index in [0.29, 0.717) is 32.7 Å².